The van der Waals surface area contributed by atoms with Gasteiger partial charge in [0.05, 0.1) is 17.5 Å². The van der Waals surface area contributed by atoms with Gasteiger partial charge in [-0.15, -0.1) is 0 Å². The third kappa shape index (κ3) is 1.09. The Morgan fingerprint density at radius 1 is 1.25 bits per heavy atom. The molecule has 0 aliphatic heterocycles. The van der Waals surface area contributed by atoms with Crippen molar-refractivity contribution in [1.82, 2.24) is 9.97 Å². The van der Waals surface area contributed by atoms with Gasteiger partial charge in [-0.1, -0.05) is 0 Å². The van der Waals surface area contributed by atoms with E-state index in [1.165, 1.54) is 6.20 Å². The minimum absolute atomic E-state index is 0.524. The average molecular weight is 166 g/mol. The molecule has 0 saturated heterocycles. The van der Waals surface area contributed by atoms with Crippen molar-refractivity contribution < 1.29 is 10.2 Å². The van der Waals surface area contributed by atoms with E-state index in [2.05, 4.69) is 9.97 Å². The topological polar surface area (TPSA) is 66.2 Å². The van der Waals surface area contributed by atoms with E-state index in [0.717, 1.165) is 5.69 Å². The maximum absolute atomic E-state index is 9.48. The standard InChI is InChI=1S/C8H10N2O2/c11-6-2-1-5-7(8(6)12)10-4-3-9-5/h3-4,6,8,11-12H,1-2H2/t6-,8-/m0/s1. The zero-order valence-corrected chi connectivity index (χ0v) is 6.51. The number of aliphatic hydroxyl groups excluding tert-OH is 2. The van der Waals surface area contributed by atoms with Gasteiger partial charge in [0.2, 0.25) is 0 Å². The van der Waals surface area contributed by atoms with Gasteiger partial charge in [-0.3, -0.25) is 9.97 Å². The first kappa shape index (κ1) is 7.64. The van der Waals surface area contributed by atoms with Crippen molar-refractivity contribution in [1.29, 1.82) is 0 Å². The molecule has 2 N–H and O–H groups in total. The van der Waals surface area contributed by atoms with Crippen molar-refractivity contribution in [2.45, 2.75) is 25.0 Å². The summed E-state index contributed by atoms with van der Waals surface area (Å²) >= 11 is 0. The molecule has 1 aliphatic carbocycles. The molecule has 0 aromatic carbocycles. The molecule has 1 aromatic heterocycles. The van der Waals surface area contributed by atoms with Gasteiger partial charge < -0.3 is 10.2 Å². The number of aromatic nitrogens is 2. The fourth-order valence-corrected chi connectivity index (χ4v) is 1.44. The van der Waals surface area contributed by atoms with Gasteiger partial charge in [0.1, 0.15) is 6.10 Å². The predicted molar refractivity (Wildman–Crippen MR) is 41.3 cm³/mol. The van der Waals surface area contributed by atoms with Crippen LogP contribution >= 0.6 is 0 Å². The van der Waals surface area contributed by atoms with Crippen LogP contribution in [0, 0.1) is 0 Å². The Bertz CT molecular complexity index is 290. The summed E-state index contributed by atoms with van der Waals surface area (Å²) in [6.07, 6.45) is 2.84. The molecular weight excluding hydrogens is 156 g/mol. The highest BCUT2D eigenvalue weighted by Gasteiger charge is 2.27. The molecule has 4 nitrogen and oxygen atoms in total. The monoisotopic (exact) mass is 166 g/mol. The van der Waals surface area contributed by atoms with Crippen LogP contribution in [0.2, 0.25) is 0 Å². The fourth-order valence-electron chi connectivity index (χ4n) is 1.44. The number of fused-ring (bicyclic) bond motifs is 1. The van der Waals surface area contributed by atoms with Crippen molar-refractivity contribution >= 4 is 0 Å². The molecule has 0 fully saturated rings. The molecule has 1 aliphatic rings. The lowest BCUT2D eigenvalue weighted by Crippen LogP contribution is -2.26. The Kier molecular flexibility index (Phi) is 1.78. The summed E-state index contributed by atoms with van der Waals surface area (Å²) in [6.45, 7) is 0. The lowest BCUT2D eigenvalue weighted by molar-refractivity contribution is 0.00290. The van der Waals surface area contributed by atoms with Crippen LogP contribution in [0.15, 0.2) is 12.4 Å². The third-order valence-electron chi connectivity index (χ3n) is 2.13. The number of aryl methyl sites for hydroxylation is 1. The van der Waals surface area contributed by atoms with Crippen molar-refractivity contribution in [3.05, 3.63) is 23.8 Å². The summed E-state index contributed by atoms with van der Waals surface area (Å²) < 4.78 is 0. The molecule has 2 rings (SSSR count). The number of aliphatic hydroxyl groups is 2. The van der Waals surface area contributed by atoms with Crippen LogP contribution in [0.5, 0.6) is 0 Å². The van der Waals surface area contributed by atoms with E-state index in [4.69, 9.17) is 0 Å². The Morgan fingerprint density at radius 3 is 2.83 bits per heavy atom. The SMILES string of the molecule is O[C@@H]1c2nccnc2CC[C@@H]1O. The van der Waals surface area contributed by atoms with Crippen LogP contribution in [0.3, 0.4) is 0 Å². The summed E-state index contributed by atoms with van der Waals surface area (Å²) in [7, 11) is 0. The molecule has 0 radical (unpaired) electrons. The lowest BCUT2D eigenvalue weighted by Gasteiger charge is -2.23. The third-order valence-corrected chi connectivity index (χ3v) is 2.13. The molecule has 0 bridgehead atoms. The number of hydrogen-bond acceptors (Lipinski definition) is 4. The van der Waals surface area contributed by atoms with Gasteiger partial charge in [-0.05, 0) is 12.8 Å². The second kappa shape index (κ2) is 2.80. The maximum atomic E-state index is 9.48. The van der Waals surface area contributed by atoms with Crippen LogP contribution in [-0.2, 0) is 6.42 Å². The molecule has 0 saturated carbocycles. The van der Waals surface area contributed by atoms with Crippen LogP contribution < -0.4 is 0 Å². The van der Waals surface area contributed by atoms with E-state index in [1.807, 2.05) is 0 Å². The summed E-state index contributed by atoms with van der Waals surface area (Å²) in [5, 5.41) is 18.8. The molecule has 64 valence electrons. The summed E-state index contributed by atoms with van der Waals surface area (Å²) in [6, 6.07) is 0. The Labute approximate surface area is 69.9 Å². The quantitative estimate of drug-likeness (QED) is 0.561. The first-order valence-corrected chi connectivity index (χ1v) is 3.95. The molecule has 2 atom stereocenters. The van der Waals surface area contributed by atoms with Gasteiger partial charge in [-0.2, -0.15) is 0 Å². The number of nitrogens with zero attached hydrogens (tertiary/aromatic N) is 2. The lowest BCUT2D eigenvalue weighted by atomic mass is 9.95. The zero-order valence-electron chi connectivity index (χ0n) is 6.51. The van der Waals surface area contributed by atoms with Crippen molar-refractivity contribution in [3.8, 4) is 0 Å². The smallest absolute Gasteiger partial charge is 0.124 e. The van der Waals surface area contributed by atoms with Crippen molar-refractivity contribution in [3.63, 3.8) is 0 Å². The van der Waals surface area contributed by atoms with E-state index < -0.39 is 12.2 Å². The van der Waals surface area contributed by atoms with Crippen LogP contribution in [-0.4, -0.2) is 26.3 Å². The van der Waals surface area contributed by atoms with Gasteiger partial charge in [0, 0.05) is 12.4 Å². The van der Waals surface area contributed by atoms with E-state index in [9.17, 15) is 10.2 Å². The number of hydrogen-bond donors (Lipinski definition) is 2. The largest absolute Gasteiger partial charge is 0.390 e. The van der Waals surface area contributed by atoms with Crippen LogP contribution in [0.25, 0.3) is 0 Å². The molecule has 4 heteroatoms. The van der Waals surface area contributed by atoms with Crippen LogP contribution in [0.4, 0.5) is 0 Å². The maximum Gasteiger partial charge on any atom is 0.124 e. The highest BCUT2D eigenvalue weighted by Crippen LogP contribution is 2.26. The van der Waals surface area contributed by atoms with E-state index in [1.54, 1.807) is 6.20 Å². The molecule has 0 unspecified atom stereocenters. The molecule has 1 aromatic rings. The summed E-state index contributed by atoms with van der Waals surface area (Å²) in [5.74, 6) is 0. The minimum atomic E-state index is -0.859. The minimum Gasteiger partial charge on any atom is -0.390 e. The van der Waals surface area contributed by atoms with Crippen molar-refractivity contribution in [2.24, 2.45) is 0 Å². The second-order valence-electron chi connectivity index (χ2n) is 2.94. The normalized spacial score (nSPS) is 28.2. The Hall–Kier alpha value is -1.00. The number of rotatable bonds is 0. The Morgan fingerprint density at radius 2 is 2.00 bits per heavy atom. The molecule has 1 heterocycles. The van der Waals surface area contributed by atoms with E-state index in [-0.39, 0.29) is 0 Å². The molecule has 0 amide bonds. The van der Waals surface area contributed by atoms with Crippen LogP contribution in [0.1, 0.15) is 23.9 Å². The summed E-state index contributed by atoms with van der Waals surface area (Å²) in [4.78, 5) is 8.05. The fraction of sp³-hybridized carbons (Fsp3) is 0.500. The molecule has 12 heavy (non-hydrogen) atoms. The highest BCUT2D eigenvalue weighted by atomic mass is 16.3. The van der Waals surface area contributed by atoms with Gasteiger partial charge in [0.15, 0.2) is 0 Å². The van der Waals surface area contributed by atoms with E-state index in [0.29, 0.717) is 18.5 Å². The van der Waals surface area contributed by atoms with Gasteiger partial charge >= 0.3 is 0 Å². The summed E-state index contributed by atoms with van der Waals surface area (Å²) in [5.41, 5.74) is 1.33. The molecular formula is C8H10N2O2. The first-order chi connectivity index (χ1) is 5.79. The molecule has 0 spiro atoms. The van der Waals surface area contributed by atoms with Gasteiger partial charge in [0.25, 0.3) is 0 Å². The van der Waals surface area contributed by atoms with E-state index >= 15 is 0 Å². The Balaban J connectivity index is 2.42. The van der Waals surface area contributed by atoms with Crippen molar-refractivity contribution in [2.75, 3.05) is 0 Å². The predicted octanol–water partition coefficient (Wildman–Crippen LogP) is -0.183. The average Bonchev–Trinajstić information content (AvgIpc) is 2.12. The second-order valence-corrected chi connectivity index (χ2v) is 2.94. The van der Waals surface area contributed by atoms with Gasteiger partial charge in [-0.25, -0.2) is 0 Å². The zero-order chi connectivity index (χ0) is 8.55. The first-order valence-electron chi connectivity index (χ1n) is 3.95. The highest BCUT2D eigenvalue weighted by molar-refractivity contribution is 5.18.